The number of carbonyl (C=O) groups is 2. The number of benzene rings is 2. The molecule has 0 N–H and O–H groups in total. The number of rotatable bonds is 7. The molecular weight excluding hydrogens is 345 g/mol. The number of hydrogen-bond donors (Lipinski definition) is 0. The lowest BCUT2D eigenvalue weighted by Crippen LogP contribution is -2.42. The molecule has 0 unspecified atom stereocenters. The van der Waals surface area contributed by atoms with Crippen molar-refractivity contribution in [2.45, 2.75) is 19.8 Å². The normalized spacial score (nSPS) is 13.9. The van der Waals surface area contributed by atoms with Gasteiger partial charge in [-0.3, -0.25) is 9.69 Å². The SMILES string of the molecule is CCCCN(C(=O)CN1CCN(c2ccc(F)cc2)C1=O)c1ccccc1. The van der Waals surface area contributed by atoms with E-state index in [4.69, 9.17) is 0 Å². The van der Waals surface area contributed by atoms with Gasteiger partial charge in [0, 0.05) is 31.0 Å². The summed E-state index contributed by atoms with van der Waals surface area (Å²) in [5.41, 5.74) is 1.49. The molecule has 1 heterocycles. The Kier molecular flexibility index (Phi) is 6.06. The second kappa shape index (κ2) is 8.66. The summed E-state index contributed by atoms with van der Waals surface area (Å²) in [6.07, 6.45) is 1.88. The van der Waals surface area contributed by atoms with Crippen molar-refractivity contribution in [2.75, 3.05) is 36.0 Å². The number of nitrogens with zero attached hydrogens (tertiary/aromatic N) is 3. The van der Waals surface area contributed by atoms with Gasteiger partial charge in [0.15, 0.2) is 0 Å². The molecule has 27 heavy (non-hydrogen) atoms. The highest BCUT2D eigenvalue weighted by Crippen LogP contribution is 2.21. The number of urea groups is 1. The van der Waals surface area contributed by atoms with E-state index in [9.17, 15) is 14.0 Å². The predicted octanol–water partition coefficient (Wildman–Crippen LogP) is 3.90. The van der Waals surface area contributed by atoms with Gasteiger partial charge in [0.05, 0.1) is 0 Å². The molecule has 0 spiro atoms. The summed E-state index contributed by atoms with van der Waals surface area (Å²) >= 11 is 0. The van der Waals surface area contributed by atoms with Gasteiger partial charge in [-0.25, -0.2) is 9.18 Å². The van der Waals surface area contributed by atoms with E-state index in [1.807, 2.05) is 30.3 Å². The first-order chi connectivity index (χ1) is 13.1. The van der Waals surface area contributed by atoms with Gasteiger partial charge in [0.2, 0.25) is 5.91 Å². The number of hydrogen-bond acceptors (Lipinski definition) is 2. The molecule has 5 nitrogen and oxygen atoms in total. The number of halogens is 1. The lowest BCUT2D eigenvalue weighted by atomic mass is 10.2. The van der Waals surface area contributed by atoms with Crippen molar-refractivity contribution >= 4 is 23.3 Å². The quantitative estimate of drug-likeness (QED) is 0.743. The number of para-hydroxylation sites is 1. The maximum Gasteiger partial charge on any atom is 0.325 e. The molecule has 1 aliphatic heterocycles. The van der Waals surface area contributed by atoms with Crippen LogP contribution in [0, 0.1) is 5.82 Å². The van der Waals surface area contributed by atoms with Crippen LogP contribution < -0.4 is 9.80 Å². The van der Waals surface area contributed by atoms with Gasteiger partial charge < -0.3 is 9.80 Å². The smallest absolute Gasteiger partial charge is 0.313 e. The van der Waals surface area contributed by atoms with Gasteiger partial charge in [0.25, 0.3) is 0 Å². The third-order valence-corrected chi connectivity index (χ3v) is 4.66. The monoisotopic (exact) mass is 369 g/mol. The predicted molar refractivity (Wildman–Crippen MR) is 104 cm³/mol. The second-order valence-electron chi connectivity index (χ2n) is 6.57. The van der Waals surface area contributed by atoms with Crippen LogP contribution in [0.25, 0.3) is 0 Å². The van der Waals surface area contributed by atoms with Crippen LogP contribution in [0.1, 0.15) is 19.8 Å². The van der Waals surface area contributed by atoms with Crippen LogP contribution in [0.5, 0.6) is 0 Å². The number of anilines is 2. The molecule has 6 heteroatoms. The summed E-state index contributed by atoms with van der Waals surface area (Å²) in [7, 11) is 0. The molecule has 0 saturated carbocycles. The standard InChI is InChI=1S/C21H24FN3O2/c1-2-3-13-24(18-7-5-4-6-8-18)20(26)16-23-14-15-25(21(23)27)19-11-9-17(22)10-12-19/h4-12H,2-3,13-16H2,1H3. The van der Waals surface area contributed by atoms with Crippen LogP contribution in [-0.2, 0) is 4.79 Å². The summed E-state index contributed by atoms with van der Waals surface area (Å²) in [6.45, 7) is 3.70. The summed E-state index contributed by atoms with van der Waals surface area (Å²) in [4.78, 5) is 30.5. The second-order valence-corrected chi connectivity index (χ2v) is 6.57. The van der Waals surface area contributed by atoms with Gasteiger partial charge in [-0.05, 0) is 42.8 Å². The van der Waals surface area contributed by atoms with E-state index in [0.717, 1.165) is 18.5 Å². The van der Waals surface area contributed by atoms with E-state index in [0.29, 0.717) is 25.3 Å². The van der Waals surface area contributed by atoms with Crippen LogP contribution >= 0.6 is 0 Å². The molecule has 2 aromatic rings. The summed E-state index contributed by atoms with van der Waals surface area (Å²) in [5, 5.41) is 0. The Morgan fingerprint density at radius 1 is 1.07 bits per heavy atom. The Bertz CT molecular complexity index is 780. The molecule has 0 atom stereocenters. The zero-order chi connectivity index (χ0) is 19.2. The first kappa shape index (κ1) is 18.9. The summed E-state index contributed by atoms with van der Waals surface area (Å²) < 4.78 is 13.1. The lowest BCUT2D eigenvalue weighted by Gasteiger charge is -2.25. The zero-order valence-corrected chi connectivity index (χ0v) is 15.5. The highest BCUT2D eigenvalue weighted by atomic mass is 19.1. The van der Waals surface area contributed by atoms with Crippen LogP contribution in [0.3, 0.4) is 0 Å². The largest absolute Gasteiger partial charge is 0.325 e. The third-order valence-electron chi connectivity index (χ3n) is 4.66. The molecule has 1 fully saturated rings. The Morgan fingerprint density at radius 3 is 2.44 bits per heavy atom. The Morgan fingerprint density at radius 2 is 1.78 bits per heavy atom. The van der Waals surface area contributed by atoms with Crippen molar-refractivity contribution < 1.29 is 14.0 Å². The number of carbonyl (C=O) groups excluding carboxylic acids is 2. The molecule has 0 bridgehead atoms. The molecule has 2 aromatic carbocycles. The molecule has 0 aromatic heterocycles. The first-order valence-electron chi connectivity index (χ1n) is 9.27. The average Bonchev–Trinajstić information content (AvgIpc) is 3.04. The van der Waals surface area contributed by atoms with E-state index in [2.05, 4.69) is 6.92 Å². The molecule has 0 aliphatic carbocycles. The van der Waals surface area contributed by atoms with E-state index in [1.54, 1.807) is 26.8 Å². The van der Waals surface area contributed by atoms with Gasteiger partial charge in [-0.1, -0.05) is 31.5 Å². The van der Waals surface area contributed by atoms with E-state index in [1.165, 1.54) is 12.1 Å². The highest BCUT2D eigenvalue weighted by molar-refractivity contribution is 6.00. The van der Waals surface area contributed by atoms with Gasteiger partial charge >= 0.3 is 6.03 Å². The van der Waals surface area contributed by atoms with Gasteiger partial charge in [-0.2, -0.15) is 0 Å². The molecule has 142 valence electrons. The fraction of sp³-hybridized carbons (Fsp3) is 0.333. The maximum absolute atomic E-state index is 13.1. The van der Waals surface area contributed by atoms with Gasteiger partial charge in [0.1, 0.15) is 12.4 Å². The van der Waals surface area contributed by atoms with Crippen molar-refractivity contribution in [3.05, 3.63) is 60.4 Å². The van der Waals surface area contributed by atoms with Crippen molar-refractivity contribution in [3.63, 3.8) is 0 Å². The minimum absolute atomic E-state index is 0.0368. The molecule has 1 saturated heterocycles. The Balaban J connectivity index is 1.68. The minimum Gasteiger partial charge on any atom is -0.313 e. The molecular formula is C21H24FN3O2. The van der Waals surface area contributed by atoms with E-state index >= 15 is 0 Å². The van der Waals surface area contributed by atoms with Crippen molar-refractivity contribution in [1.29, 1.82) is 0 Å². The van der Waals surface area contributed by atoms with Crippen molar-refractivity contribution in [2.24, 2.45) is 0 Å². The number of unbranched alkanes of at least 4 members (excludes halogenated alkanes) is 1. The third kappa shape index (κ3) is 4.45. The topological polar surface area (TPSA) is 43.9 Å². The molecule has 3 amide bonds. The molecule has 1 aliphatic rings. The molecule has 3 rings (SSSR count). The van der Waals surface area contributed by atoms with Crippen LogP contribution in [0.15, 0.2) is 54.6 Å². The average molecular weight is 369 g/mol. The van der Waals surface area contributed by atoms with Crippen molar-refractivity contribution in [3.8, 4) is 0 Å². The maximum atomic E-state index is 13.1. The van der Waals surface area contributed by atoms with Crippen LogP contribution in [-0.4, -0.2) is 43.0 Å². The van der Waals surface area contributed by atoms with Gasteiger partial charge in [-0.15, -0.1) is 0 Å². The van der Waals surface area contributed by atoms with Crippen LogP contribution in [0.2, 0.25) is 0 Å². The van der Waals surface area contributed by atoms with E-state index in [-0.39, 0.29) is 24.3 Å². The number of amides is 3. The first-order valence-corrected chi connectivity index (χ1v) is 9.27. The van der Waals surface area contributed by atoms with Crippen LogP contribution in [0.4, 0.5) is 20.6 Å². The minimum atomic E-state index is -0.341. The van der Waals surface area contributed by atoms with Crippen molar-refractivity contribution in [1.82, 2.24) is 4.90 Å². The Labute approximate surface area is 159 Å². The zero-order valence-electron chi connectivity index (χ0n) is 15.5. The Hall–Kier alpha value is -2.89. The summed E-state index contributed by atoms with van der Waals surface area (Å²) in [6, 6.07) is 15.1. The highest BCUT2D eigenvalue weighted by Gasteiger charge is 2.32. The summed E-state index contributed by atoms with van der Waals surface area (Å²) in [5.74, 6) is -0.434. The molecule has 0 radical (unpaired) electrons. The van der Waals surface area contributed by atoms with E-state index < -0.39 is 0 Å². The lowest BCUT2D eigenvalue weighted by molar-refractivity contribution is -0.119. The fourth-order valence-corrected chi connectivity index (χ4v) is 3.16. The fourth-order valence-electron chi connectivity index (χ4n) is 3.16.